The van der Waals surface area contributed by atoms with Crippen molar-refractivity contribution < 1.29 is 14.6 Å². The number of pyridine rings is 1. The Bertz CT molecular complexity index is 1010. The van der Waals surface area contributed by atoms with E-state index < -0.39 is 5.97 Å². The van der Waals surface area contributed by atoms with Gasteiger partial charge in [0.2, 0.25) is 0 Å². The zero-order valence-electron chi connectivity index (χ0n) is 13.8. The first-order chi connectivity index (χ1) is 11.9. The molecule has 0 atom stereocenters. The molecule has 0 radical (unpaired) electrons. The molecule has 0 amide bonds. The first-order valence-corrected chi connectivity index (χ1v) is 7.76. The van der Waals surface area contributed by atoms with E-state index in [1.165, 1.54) is 19.2 Å². The van der Waals surface area contributed by atoms with Gasteiger partial charge in [-0.15, -0.1) is 10.2 Å². The molecule has 1 aromatic carbocycles. The quantitative estimate of drug-likeness (QED) is 0.683. The van der Waals surface area contributed by atoms with E-state index in [2.05, 4.69) is 15.2 Å². The average Bonchev–Trinajstić information content (AvgIpc) is 2.88. The molecule has 0 aliphatic heterocycles. The highest BCUT2D eigenvalue weighted by Gasteiger charge is 2.15. The van der Waals surface area contributed by atoms with E-state index in [9.17, 15) is 4.79 Å². The summed E-state index contributed by atoms with van der Waals surface area (Å²) >= 11 is 6.13. The maximum absolute atomic E-state index is 11.2. The summed E-state index contributed by atoms with van der Waals surface area (Å²) in [5, 5.41) is 17.8. The molecule has 8 heteroatoms. The van der Waals surface area contributed by atoms with Crippen molar-refractivity contribution in [1.82, 2.24) is 9.38 Å². The lowest BCUT2D eigenvalue weighted by Crippen LogP contribution is -2.00. The zero-order chi connectivity index (χ0) is 18.1. The van der Waals surface area contributed by atoms with Crippen LogP contribution in [0.4, 0.5) is 11.5 Å². The van der Waals surface area contributed by atoms with Crippen LogP contribution in [0.5, 0.6) is 5.75 Å². The molecule has 3 aromatic rings. The van der Waals surface area contributed by atoms with Gasteiger partial charge in [0.25, 0.3) is 0 Å². The summed E-state index contributed by atoms with van der Waals surface area (Å²) in [6, 6.07) is 6.61. The van der Waals surface area contributed by atoms with Crippen molar-refractivity contribution in [2.75, 3.05) is 7.11 Å². The van der Waals surface area contributed by atoms with Crippen LogP contribution in [0.2, 0.25) is 5.02 Å². The predicted octanol–water partition coefficient (Wildman–Crippen LogP) is 4.73. The number of aromatic nitrogens is 2. The Morgan fingerprint density at radius 2 is 2.04 bits per heavy atom. The molecular weight excluding hydrogens is 344 g/mol. The third-order valence-electron chi connectivity index (χ3n) is 3.66. The lowest BCUT2D eigenvalue weighted by molar-refractivity contribution is 0.0693. The van der Waals surface area contributed by atoms with Gasteiger partial charge in [0.15, 0.2) is 5.82 Å². The van der Waals surface area contributed by atoms with Crippen molar-refractivity contribution in [3.63, 3.8) is 0 Å². The van der Waals surface area contributed by atoms with Crippen LogP contribution >= 0.6 is 11.6 Å². The summed E-state index contributed by atoms with van der Waals surface area (Å²) in [4.78, 5) is 15.6. The van der Waals surface area contributed by atoms with Gasteiger partial charge in [0.05, 0.1) is 17.8 Å². The van der Waals surface area contributed by atoms with Crippen molar-refractivity contribution in [2.45, 2.75) is 13.8 Å². The van der Waals surface area contributed by atoms with Gasteiger partial charge in [-0.2, -0.15) is 0 Å². The van der Waals surface area contributed by atoms with Crippen LogP contribution in [-0.4, -0.2) is 27.6 Å². The number of hydrogen-bond donors (Lipinski definition) is 1. The van der Waals surface area contributed by atoms with Crippen LogP contribution in [-0.2, 0) is 0 Å². The Kier molecular flexibility index (Phi) is 4.41. The van der Waals surface area contributed by atoms with Gasteiger partial charge in [-0.05, 0) is 31.5 Å². The summed E-state index contributed by atoms with van der Waals surface area (Å²) in [5.74, 6) is -0.386. The van der Waals surface area contributed by atoms with Crippen molar-refractivity contribution in [3.05, 3.63) is 52.3 Å². The molecule has 0 saturated heterocycles. The molecule has 0 unspecified atom stereocenters. The number of azo groups is 1. The third kappa shape index (κ3) is 3.18. The third-order valence-corrected chi connectivity index (χ3v) is 3.96. The van der Waals surface area contributed by atoms with Crippen LogP contribution in [0.25, 0.3) is 5.65 Å². The number of ether oxygens (including phenoxy) is 1. The number of hydrogen-bond acceptors (Lipinski definition) is 5. The fourth-order valence-electron chi connectivity index (χ4n) is 2.43. The molecule has 7 nitrogen and oxygen atoms in total. The Morgan fingerprint density at radius 1 is 1.28 bits per heavy atom. The summed E-state index contributed by atoms with van der Waals surface area (Å²) in [7, 11) is 1.38. The lowest BCUT2D eigenvalue weighted by Gasteiger charge is -2.07. The topological polar surface area (TPSA) is 88.5 Å². The number of carboxylic acids is 1. The average molecular weight is 359 g/mol. The molecule has 2 aromatic heterocycles. The number of imidazole rings is 1. The fourth-order valence-corrected chi connectivity index (χ4v) is 2.63. The molecule has 128 valence electrons. The summed E-state index contributed by atoms with van der Waals surface area (Å²) in [6.07, 6.45) is 1.92. The molecule has 0 aliphatic carbocycles. The minimum absolute atomic E-state index is 0.0342. The lowest BCUT2D eigenvalue weighted by atomic mass is 10.2. The van der Waals surface area contributed by atoms with Gasteiger partial charge in [-0.1, -0.05) is 17.7 Å². The summed E-state index contributed by atoms with van der Waals surface area (Å²) in [6.45, 7) is 3.81. The second-order valence-corrected chi connectivity index (χ2v) is 5.87. The molecule has 25 heavy (non-hydrogen) atoms. The number of methoxy groups -OCH3 is 1. The number of aromatic carboxylic acids is 1. The highest BCUT2D eigenvalue weighted by molar-refractivity contribution is 6.33. The molecule has 0 bridgehead atoms. The Labute approximate surface area is 148 Å². The van der Waals surface area contributed by atoms with E-state index in [0.717, 1.165) is 16.9 Å². The number of fused-ring (bicyclic) bond motifs is 1. The second-order valence-electron chi connectivity index (χ2n) is 5.46. The molecule has 1 N–H and O–H groups in total. The molecule has 2 heterocycles. The van der Waals surface area contributed by atoms with E-state index in [1.807, 2.05) is 36.6 Å². The predicted molar refractivity (Wildman–Crippen MR) is 93.8 cm³/mol. The summed E-state index contributed by atoms with van der Waals surface area (Å²) < 4.78 is 6.93. The zero-order valence-corrected chi connectivity index (χ0v) is 14.6. The number of aryl methyl sites for hydroxylation is 2. The van der Waals surface area contributed by atoms with Crippen LogP contribution in [0.1, 0.15) is 21.6 Å². The van der Waals surface area contributed by atoms with Gasteiger partial charge in [-0.25, -0.2) is 9.78 Å². The smallest absolute Gasteiger partial charge is 0.339 e. The van der Waals surface area contributed by atoms with Crippen molar-refractivity contribution in [2.24, 2.45) is 10.2 Å². The Balaban J connectivity index is 2.07. The number of carboxylic acid groups (broad SMARTS) is 1. The van der Waals surface area contributed by atoms with Crippen molar-refractivity contribution in [1.29, 1.82) is 0 Å². The number of halogens is 1. The fraction of sp³-hybridized carbons (Fsp3) is 0.176. The molecule has 0 aliphatic rings. The minimum Gasteiger partial charge on any atom is -0.496 e. The van der Waals surface area contributed by atoms with Gasteiger partial charge < -0.3 is 9.84 Å². The van der Waals surface area contributed by atoms with Crippen molar-refractivity contribution in [3.8, 4) is 5.75 Å². The molecule has 0 fully saturated rings. The van der Waals surface area contributed by atoms with E-state index >= 15 is 0 Å². The largest absolute Gasteiger partial charge is 0.496 e. The van der Waals surface area contributed by atoms with Crippen molar-refractivity contribution >= 4 is 34.7 Å². The maximum Gasteiger partial charge on any atom is 0.339 e. The van der Waals surface area contributed by atoms with Gasteiger partial charge >= 0.3 is 5.97 Å². The maximum atomic E-state index is 11.2. The van der Waals surface area contributed by atoms with Crippen LogP contribution in [0.3, 0.4) is 0 Å². The van der Waals surface area contributed by atoms with Crippen LogP contribution < -0.4 is 4.74 Å². The number of carbonyl (C=O) groups is 1. The Morgan fingerprint density at radius 3 is 2.72 bits per heavy atom. The van der Waals surface area contributed by atoms with Crippen LogP contribution in [0, 0.1) is 13.8 Å². The number of rotatable bonds is 4. The number of nitrogens with zero attached hydrogens (tertiary/aromatic N) is 4. The van der Waals surface area contributed by atoms with E-state index in [-0.39, 0.29) is 16.3 Å². The van der Waals surface area contributed by atoms with Gasteiger partial charge in [-0.3, -0.25) is 4.40 Å². The SMILES string of the molecule is COc1cc(N=Nc2c(C)nc3ccc(C)cn23)c(Cl)cc1C(=O)O. The Hall–Kier alpha value is -2.93. The highest BCUT2D eigenvalue weighted by Crippen LogP contribution is 2.34. The normalized spacial score (nSPS) is 11.4. The molecule has 0 saturated carbocycles. The molecule has 0 spiro atoms. The first kappa shape index (κ1) is 16.9. The van der Waals surface area contributed by atoms with Gasteiger partial charge in [0, 0.05) is 12.3 Å². The van der Waals surface area contributed by atoms with E-state index in [1.54, 1.807) is 0 Å². The van der Waals surface area contributed by atoms with Crippen LogP contribution in [0.15, 0.2) is 40.7 Å². The summed E-state index contributed by atoms with van der Waals surface area (Å²) in [5.41, 5.74) is 2.83. The monoisotopic (exact) mass is 358 g/mol. The molecular formula is C17H15ClN4O3. The number of benzene rings is 1. The van der Waals surface area contributed by atoms with E-state index in [4.69, 9.17) is 21.4 Å². The standard InChI is InChI=1S/C17H15ClN4O3/c1-9-4-5-15-19-10(2)16(22(15)8-9)21-20-13-7-14(25-3)11(17(23)24)6-12(13)18/h4-8H,1-3H3,(H,23,24). The highest BCUT2D eigenvalue weighted by atomic mass is 35.5. The molecule has 3 rings (SSSR count). The van der Waals surface area contributed by atoms with Gasteiger partial charge in [0.1, 0.15) is 22.6 Å². The first-order valence-electron chi connectivity index (χ1n) is 7.38. The second kappa shape index (κ2) is 6.52. The minimum atomic E-state index is -1.13. The van der Waals surface area contributed by atoms with E-state index in [0.29, 0.717) is 11.5 Å².